The number of para-hydroxylation sites is 1. The largest absolute Gasteiger partial charge is 0.492 e. The number of aliphatic imine (C=N–C) groups is 1. The molecule has 3 N–H and O–H groups in total. The first-order valence-corrected chi connectivity index (χ1v) is 7.85. The molecule has 2 aromatic rings. The second-order valence-corrected chi connectivity index (χ2v) is 6.30. The van der Waals surface area contributed by atoms with E-state index in [1.807, 2.05) is 30.5 Å². The third-order valence-electron chi connectivity index (χ3n) is 4.00. The van der Waals surface area contributed by atoms with Gasteiger partial charge in [0, 0.05) is 23.5 Å². The number of H-pyrrole nitrogens is 1. The van der Waals surface area contributed by atoms with Crippen LogP contribution in [-0.2, 0) is 11.2 Å². The van der Waals surface area contributed by atoms with Crippen molar-refractivity contribution in [2.45, 2.75) is 32.7 Å². The van der Waals surface area contributed by atoms with Gasteiger partial charge in [0.2, 0.25) is 5.88 Å². The number of carbonyl (C=O) groups is 1. The minimum Gasteiger partial charge on any atom is -0.492 e. The summed E-state index contributed by atoms with van der Waals surface area (Å²) in [7, 11) is 0. The number of fused-ring (bicyclic) bond motifs is 1. The van der Waals surface area contributed by atoms with E-state index < -0.39 is 6.04 Å². The molecule has 1 aliphatic rings. The number of aromatic nitrogens is 1. The lowest BCUT2D eigenvalue weighted by Crippen LogP contribution is -2.42. The number of hydrogen-bond donors (Lipinski definition) is 3. The lowest BCUT2D eigenvalue weighted by molar-refractivity contribution is -0.108. The van der Waals surface area contributed by atoms with Crippen LogP contribution in [0.25, 0.3) is 10.9 Å². The summed E-state index contributed by atoms with van der Waals surface area (Å²) < 4.78 is 0. The number of hydrogen-bond acceptors (Lipinski definition) is 4. The molecule has 0 fully saturated rings. The smallest absolute Gasteiger partial charge is 0.230 e. The minimum absolute atomic E-state index is 0.0240. The Morgan fingerprint density at radius 1 is 1.35 bits per heavy atom. The molecule has 0 saturated carbocycles. The molecule has 5 nitrogen and oxygen atoms in total. The summed E-state index contributed by atoms with van der Waals surface area (Å²) in [6.45, 7) is 4.12. The van der Waals surface area contributed by atoms with Crippen molar-refractivity contribution in [3.05, 3.63) is 47.6 Å². The van der Waals surface area contributed by atoms with Crippen LogP contribution in [-0.4, -0.2) is 28.1 Å². The Labute approximate surface area is 135 Å². The Hall–Kier alpha value is -2.56. The highest BCUT2D eigenvalue weighted by Gasteiger charge is 2.24. The molecular weight excluding hydrogens is 290 g/mol. The van der Waals surface area contributed by atoms with Crippen molar-refractivity contribution in [1.82, 2.24) is 10.3 Å². The average molecular weight is 311 g/mol. The van der Waals surface area contributed by atoms with E-state index in [1.165, 1.54) is 0 Å². The zero-order valence-electron chi connectivity index (χ0n) is 13.3. The van der Waals surface area contributed by atoms with E-state index in [-0.39, 0.29) is 5.88 Å². The highest BCUT2D eigenvalue weighted by molar-refractivity contribution is 6.02. The van der Waals surface area contributed by atoms with E-state index in [2.05, 4.69) is 29.1 Å². The van der Waals surface area contributed by atoms with Crippen LogP contribution in [0.5, 0.6) is 0 Å². The number of allylic oxidation sites excluding steroid dienone is 1. The number of benzene rings is 1. The first kappa shape index (κ1) is 15.3. The monoisotopic (exact) mass is 311 g/mol. The number of aromatic amines is 1. The van der Waals surface area contributed by atoms with Gasteiger partial charge in [-0.05, 0) is 24.0 Å². The molecule has 0 amide bonds. The van der Waals surface area contributed by atoms with Gasteiger partial charge >= 0.3 is 0 Å². The molecule has 1 aromatic carbocycles. The van der Waals surface area contributed by atoms with E-state index in [1.54, 1.807) is 0 Å². The average Bonchev–Trinajstić information content (AvgIpc) is 2.92. The molecule has 0 bridgehead atoms. The third-order valence-corrected chi connectivity index (χ3v) is 4.00. The van der Waals surface area contributed by atoms with Crippen LogP contribution in [0.1, 0.15) is 25.8 Å². The Bertz CT molecular complexity index is 786. The van der Waals surface area contributed by atoms with Gasteiger partial charge < -0.3 is 20.2 Å². The SMILES string of the molecule is CC(C)CC1=NC(O)=C(Cc2c[nH]c3ccccc23)NC1C=O. The molecule has 0 radical (unpaired) electrons. The Morgan fingerprint density at radius 3 is 2.87 bits per heavy atom. The predicted molar refractivity (Wildman–Crippen MR) is 91.5 cm³/mol. The number of rotatable bonds is 5. The molecule has 120 valence electrons. The van der Waals surface area contributed by atoms with Crippen molar-refractivity contribution < 1.29 is 9.90 Å². The number of aliphatic hydroxyl groups excluding tert-OH is 1. The van der Waals surface area contributed by atoms with Gasteiger partial charge in [-0.3, -0.25) is 0 Å². The van der Waals surface area contributed by atoms with Crippen molar-refractivity contribution in [1.29, 1.82) is 0 Å². The number of aliphatic hydroxyl groups is 1. The highest BCUT2D eigenvalue weighted by atomic mass is 16.3. The maximum Gasteiger partial charge on any atom is 0.230 e. The Balaban J connectivity index is 1.90. The lowest BCUT2D eigenvalue weighted by atomic mass is 9.99. The maximum absolute atomic E-state index is 11.4. The first-order valence-electron chi connectivity index (χ1n) is 7.85. The van der Waals surface area contributed by atoms with Gasteiger partial charge in [-0.25, -0.2) is 4.99 Å². The van der Waals surface area contributed by atoms with E-state index in [0.29, 0.717) is 30.2 Å². The summed E-state index contributed by atoms with van der Waals surface area (Å²) in [5, 5.41) is 14.5. The van der Waals surface area contributed by atoms with Gasteiger partial charge in [0.05, 0.1) is 11.4 Å². The molecule has 2 heterocycles. The molecule has 1 unspecified atom stereocenters. The Kier molecular flexibility index (Phi) is 4.19. The third kappa shape index (κ3) is 3.13. The van der Waals surface area contributed by atoms with E-state index in [4.69, 9.17) is 0 Å². The minimum atomic E-state index is -0.464. The van der Waals surface area contributed by atoms with E-state index in [0.717, 1.165) is 22.8 Å². The molecule has 5 heteroatoms. The van der Waals surface area contributed by atoms with Crippen LogP contribution in [0.3, 0.4) is 0 Å². The van der Waals surface area contributed by atoms with Gasteiger partial charge in [-0.15, -0.1) is 0 Å². The fourth-order valence-electron chi connectivity index (χ4n) is 2.91. The van der Waals surface area contributed by atoms with Crippen LogP contribution in [0.4, 0.5) is 0 Å². The van der Waals surface area contributed by atoms with E-state index >= 15 is 0 Å². The number of nitrogens with zero attached hydrogens (tertiary/aromatic N) is 1. The van der Waals surface area contributed by atoms with Crippen molar-refractivity contribution >= 4 is 22.9 Å². The zero-order chi connectivity index (χ0) is 16.4. The summed E-state index contributed by atoms with van der Waals surface area (Å²) >= 11 is 0. The zero-order valence-corrected chi connectivity index (χ0v) is 13.3. The van der Waals surface area contributed by atoms with Crippen LogP contribution in [0, 0.1) is 5.92 Å². The summed E-state index contributed by atoms with van der Waals surface area (Å²) in [5.41, 5.74) is 3.38. The summed E-state index contributed by atoms with van der Waals surface area (Å²) in [6.07, 6.45) is 3.96. The fourth-order valence-corrected chi connectivity index (χ4v) is 2.91. The lowest BCUT2D eigenvalue weighted by Gasteiger charge is -2.24. The van der Waals surface area contributed by atoms with Crippen molar-refractivity contribution in [2.24, 2.45) is 10.9 Å². The maximum atomic E-state index is 11.4. The number of carbonyl (C=O) groups excluding carboxylic acids is 1. The summed E-state index contributed by atoms with van der Waals surface area (Å²) in [5.74, 6) is 0.352. The van der Waals surface area contributed by atoms with Crippen LogP contribution in [0.2, 0.25) is 0 Å². The van der Waals surface area contributed by atoms with Gasteiger partial charge in [-0.2, -0.15) is 0 Å². The molecule has 0 spiro atoms. The number of aldehydes is 1. The predicted octanol–water partition coefficient (Wildman–Crippen LogP) is 3.10. The van der Waals surface area contributed by atoms with Gasteiger partial charge in [0.1, 0.15) is 12.3 Å². The molecule has 1 atom stereocenters. The molecular formula is C18H21N3O2. The van der Waals surface area contributed by atoms with Crippen LogP contribution < -0.4 is 5.32 Å². The molecule has 1 aromatic heterocycles. The second-order valence-electron chi connectivity index (χ2n) is 6.30. The normalized spacial score (nSPS) is 18.2. The topological polar surface area (TPSA) is 77.5 Å². The summed E-state index contributed by atoms with van der Waals surface area (Å²) in [6, 6.07) is 7.53. The fraction of sp³-hybridized carbons (Fsp3) is 0.333. The van der Waals surface area contributed by atoms with Crippen LogP contribution >= 0.6 is 0 Å². The number of nitrogens with one attached hydrogen (secondary N) is 2. The van der Waals surface area contributed by atoms with Crippen molar-refractivity contribution in [2.75, 3.05) is 0 Å². The van der Waals surface area contributed by atoms with Crippen molar-refractivity contribution in [3.63, 3.8) is 0 Å². The molecule has 23 heavy (non-hydrogen) atoms. The van der Waals surface area contributed by atoms with Crippen LogP contribution in [0.15, 0.2) is 47.0 Å². The standard InChI is InChI=1S/C18H21N3O2/c1-11(2)7-15-17(10-22)20-16(18(23)21-15)8-12-9-19-14-6-4-3-5-13(12)14/h3-6,9-11,17,19-20,23H,7-8H2,1-2H3. The van der Waals surface area contributed by atoms with Gasteiger partial charge in [-0.1, -0.05) is 32.0 Å². The highest BCUT2D eigenvalue weighted by Crippen LogP contribution is 2.23. The summed E-state index contributed by atoms with van der Waals surface area (Å²) in [4.78, 5) is 18.8. The molecule has 0 saturated heterocycles. The quantitative estimate of drug-likeness (QED) is 0.743. The van der Waals surface area contributed by atoms with Crippen molar-refractivity contribution in [3.8, 4) is 0 Å². The molecule has 0 aliphatic carbocycles. The Morgan fingerprint density at radius 2 is 2.13 bits per heavy atom. The van der Waals surface area contributed by atoms with E-state index in [9.17, 15) is 9.90 Å². The molecule has 1 aliphatic heterocycles. The second kappa shape index (κ2) is 6.28. The first-order chi connectivity index (χ1) is 11.1. The van der Waals surface area contributed by atoms with Gasteiger partial charge in [0.25, 0.3) is 0 Å². The van der Waals surface area contributed by atoms with Gasteiger partial charge in [0.15, 0.2) is 0 Å². The molecule has 3 rings (SSSR count).